The van der Waals surface area contributed by atoms with Crippen molar-refractivity contribution in [1.82, 2.24) is 0 Å². The fraction of sp³-hybridized carbons (Fsp3) is 0.267. The van der Waals surface area contributed by atoms with Crippen LogP contribution >= 0.6 is 42.7 Å². The Labute approximate surface area is 219 Å². The Morgan fingerprint density at radius 3 is 1.66 bits per heavy atom. The van der Waals surface area contributed by atoms with Crippen LogP contribution in [0.25, 0.3) is 20.2 Å². The Morgan fingerprint density at radius 1 is 0.629 bits per heavy atom. The van der Waals surface area contributed by atoms with Crippen LogP contribution in [-0.4, -0.2) is 37.5 Å². The smallest absolute Gasteiger partial charge is 0.135 e. The lowest BCUT2D eigenvalue weighted by Crippen LogP contribution is -2.11. The summed E-state index contributed by atoms with van der Waals surface area (Å²) in [5, 5.41) is 2.71. The van der Waals surface area contributed by atoms with Gasteiger partial charge in [0.2, 0.25) is 0 Å². The summed E-state index contributed by atoms with van der Waals surface area (Å²) in [4.78, 5) is 0. The van der Waals surface area contributed by atoms with Crippen LogP contribution in [-0.2, 0) is 0 Å². The van der Waals surface area contributed by atoms with Crippen molar-refractivity contribution < 1.29 is 4.74 Å². The van der Waals surface area contributed by atoms with Crippen molar-refractivity contribution in [1.29, 1.82) is 0 Å². The molecule has 0 amide bonds. The zero-order chi connectivity index (χ0) is 24.5. The molecule has 6 rings (SSSR count). The van der Waals surface area contributed by atoms with Crippen molar-refractivity contribution in [2.75, 3.05) is 37.5 Å². The second-order valence-electron chi connectivity index (χ2n) is 10.9. The number of hydrogen-bond donors (Lipinski definition) is 0. The second kappa shape index (κ2) is 8.31. The average Bonchev–Trinajstić information content (AvgIpc) is 3.53. The third-order valence-electron chi connectivity index (χ3n) is 6.76. The molecule has 0 fully saturated rings. The first-order valence-electron chi connectivity index (χ1n) is 11.8. The van der Waals surface area contributed by atoms with Crippen LogP contribution in [0.2, 0.25) is 0 Å². The summed E-state index contributed by atoms with van der Waals surface area (Å²) in [5.74, 6) is 1.28. The van der Waals surface area contributed by atoms with Crippen molar-refractivity contribution in [2.45, 2.75) is 20.4 Å². The molecular formula is C30H32OS4. The van der Waals surface area contributed by atoms with Crippen LogP contribution in [0.1, 0.15) is 28.7 Å². The van der Waals surface area contributed by atoms with Crippen molar-refractivity contribution in [3.63, 3.8) is 0 Å². The van der Waals surface area contributed by atoms with Gasteiger partial charge in [-0.2, -0.15) is 0 Å². The Balaban J connectivity index is 1.72. The summed E-state index contributed by atoms with van der Waals surface area (Å²) < 4.78 is 12.9. The summed E-state index contributed by atoms with van der Waals surface area (Å²) in [6.07, 6.45) is 14.4. The molecule has 5 aromatic rings. The molecule has 0 saturated carbocycles. The Hall–Kier alpha value is -1.92. The van der Waals surface area contributed by atoms with E-state index in [0.717, 1.165) is 5.75 Å². The van der Waals surface area contributed by atoms with Crippen molar-refractivity contribution in [2.24, 2.45) is 0 Å². The van der Waals surface area contributed by atoms with Gasteiger partial charge < -0.3 is 4.74 Å². The van der Waals surface area contributed by atoms with Gasteiger partial charge in [0.15, 0.2) is 0 Å². The van der Waals surface area contributed by atoms with E-state index in [1.807, 2.05) is 22.7 Å². The lowest BCUT2D eigenvalue weighted by molar-refractivity contribution is 0.225. The van der Waals surface area contributed by atoms with Crippen LogP contribution in [0.3, 0.4) is 0 Å². The maximum Gasteiger partial charge on any atom is 0.135 e. The predicted molar refractivity (Wildman–Crippen MR) is 163 cm³/mol. The summed E-state index contributed by atoms with van der Waals surface area (Å²) >= 11 is 4.01. The van der Waals surface area contributed by atoms with Gasteiger partial charge in [-0.05, 0) is 60.8 Å². The molecule has 1 aliphatic rings. The highest BCUT2D eigenvalue weighted by Crippen LogP contribution is 2.62. The molecule has 35 heavy (non-hydrogen) atoms. The molecule has 5 heteroatoms. The van der Waals surface area contributed by atoms with Crippen LogP contribution in [0.5, 0.6) is 5.75 Å². The maximum atomic E-state index is 7.03. The molecule has 0 aliphatic carbocycles. The molecule has 182 valence electrons. The topological polar surface area (TPSA) is 9.23 Å². The molecule has 2 aromatic heterocycles. The molecule has 3 aromatic carbocycles. The van der Waals surface area contributed by atoms with Crippen molar-refractivity contribution >= 4 is 62.9 Å². The zero-order valence-corrected chi connectivity index (χ0v) is 24.4. The summed E-state index contributed by atoms with van der Waals surface area (Å²) in [6.45, 7) is 0. The lowest BCUT2D eigenvalue weighted by atomic mass is 9.83. The van der Waals surface area contributed by atoms with Gasteiger partial charge in [0.05, 0.1) is 15.3 Å². The predicted octanol–water partition coefficient (Wildman–Crippen LogP) is 9.49. The maximum absolute atomic E-state index is 7.03. The minimum absolute atomic E-state index is 0.0296. The minimum Gasteiger partial charge on any atom is -0.484 e. The van der Waals surface area contributed by atoms with E-state index in [9.17, 15) is 0 Å². The average molecular weight is 537 g/mol. The number of thiophene rings is 2. The highest BCUT2D eigenvalue weighted by molar-refractivity contribution is 8.33. The fourth-order valence-electron chi connectivity index (χ4n) is 5.00. The first-order chi connectivity index (χ1) is 16.6. The molecule has 0 N–H and O–H groups in total. The van der Waals surface area contributed by atoms with E-state index in [2.05, 4.69) is 110 Å². The van der Waals surface area contributed by atoms with Crippen LogP contribution < -0.4 is 4.74 Å². The third kappa shape index (κ3) is 3.92. The molecule has 0 spiro atoms. The highest BCUT2D eigenvalue weighted by Gasteiger charge is 2.40. The van der Waals surface area contributed by atoms with Gasteiger partial charge in [-0.1, -0.05) is 60.7 Å². The molecule has 2 unspecified atom stereocenters. The minimum atomic E-state index is -0.833. The van der Waals surface area contributed by atoms with Gasteiger partial charge in [-0.15, -0.1) is 22.7 Å². The van der Waals surface area contributed by atoms with E-state index in [0.29, 0.717) is 0 Å². The molecule has 0 saturated heterocycles. The first kappa shape index (κ1) is 23.5. The van der Waals surface area contributed by atoms with Gasteiger partial charge in [-0.25, -0.2) is 20.1 Å². The first-order valence-corrected chi connectivity index (χ1v) is 19.1. The van der Waals surface area contributed by atoms with Crippen molar-refractivity contribution in [3.05, 3.63) is 89.5 Å². The Morgan fingerprint density at radius 2 is 1.11 bits per heavy atom. The van der Waals surface area contributed by atoms with Crippen LogP contribution in [0.15, 0.2) is 81.2 Å². The molecule has 0 radical (unpaired) electrons. The number of rotatable bonds is 4. The quantitative estimate of drug-likeness (QED) is 0.222. The fourth-order valence-corrected chi connectivity index (χ4v) is 10.4. The number of hydrogen-bond acceptors (Lipinski definition) is 3. The highest BCUT2D eigenvalue weighted by atomic mass is 32.3. The lowest BCUT2D eigenvalue weighted by Gasteiger charge is -2.23. The molecule has 1 aliphatic heterocycles. The largest absolute Gasteiger partial charge is 0.484 e. The van der Waals surface area contributed by atoms with E-state index in [1.54, 1.807) is 0 Å². The third-order valence-corrected chi connectivity index (χ3v) is 14.9. The van der Waals surface area contributed by atoms with Gasteiger partial charge in [0.25, 0.3) is 0 Å². The summed E-state index contributed by atoms with van der Waals surface area (Å²) in [5.41, 5.74) is 3.95. The van der Waals surface area contributed by atoms with E-state index in [1.165, 1.54) is 45.3 Å². The van der Waals surface area contributed by atoms with Gasteiger partial charge >= 0.3 is 0 Å². The Kier molecular flexibility index (Phi) is 5.57. The van der Waals surface area contributed by atoms with Crippen molar-refractivity contribution in [3.8, 4) is 5.75 Å². The summed E-state index contributed by atoms with van der Waals surface area (Å²) in [6, 6.07) is 26.7. The van der Waals surface area contributed by atoms with Gasteiger partial charge in [0, 0.05) is 24.8 Å². The normalized spacial score (nSPS) is 19.1. The monoisotopic (exact) mass is 536 g/mol. The van der Waals surface area contributed by atoms with E-state index < -0.39 is 20.1 Å². The van der Waals surface area contributed by atoms with E-state index in [-0.39, 0.29) is 12.0 Å². The van der Waals surface area contributed by atoms with Crippen LogP contribution in [0, 0.1) is 0 Å². The number of ether oxygens (including phenoxy) is 1. The molecule has 1 nitrogen and oxygen atoms in total. The molecule has 2 atom stereocenters. The van der Waals surface area contributed by atoms with Crippen LogP contribution in [0.4, 0.5) is 0 Å². The molecule has 0 bridgehead atoms. The summed E-state index contributed by atoms with van der Waals surface area (Å²) in [7, 11) is -1.66. The standard InChI is InChI=1S/C30H32OS4/c1-34(2,3)23-17-21-26-25(19-13-9-7-10-14-19)27(20-15-11-8-12-16-20)31-28(26)22-18-24(35(4,5)6)33-30(22)29(21)32-23/h7-18,25,27H,1-6H3. The number of fused-ring (bicyclic) bond motifs is 6. The van der Waals surface area contributed by atoms with Gasteiger partial charge in [0.1, 0.15) is 11.9 Å². The van der Waals surface area contributed by atoms with E-state index in [4.69, 9.17) is 4.74 Å². The molecule has 3 heterocycles. The molecular weight excluding hydrogens is 505 g/mol. The second-order valence-corrected chi connectivity index (χ2v) is 21.7. The Bertz CT molecular complexity index is 1530. The number of benzene rings is 3. The van der Waals surface area contributed by atoms with Gasteiger partial charge in [-0.3, -0.25) is 0 Å². The zero-order valence-electron chi connectivity index (χ0n) is 21.1. The van der Waals surface area contributed by atoms with E-state index >= 15 is 0 Å². The SMILES string of the molecule is CS(C)(C)c1cc2c3c(c4cc(S(C)(C)C)sc4c2s1)C(c1ccccc1)C(c1ccccc1)O3.